The largest absolute Gasteiger partial charge is 0.467 e. The van der Waals surface area contributed by atoms with Gasteiger partial charge in [-0.3, -0.25) is 4.79 Å². The molecule has 1 fully saturated rings. The molecule has 1 aliphatic rings. The number of ketones is 1. The Labute approximate surface area is 155 Å². The highest BCUT2D eigenvalue weighted by atomic mass is 19.1. The number of carbonyl (C=O) groups excluding carboxylic acids is 1. The van der Waals surface area contributed by atoms with Crippen LogP contribution in [0.4, 0.5) is 4.39 Å². The van der Waals surface area contributed by atoms with Gasteiger partial charge in [-0.15, -0.1) is 0 Å². The normalized spacial score (nSPS) is 15.1. The number of Topliss-reactive ketones (excluding diaryl/α,β-unsaturated/α-hetero) is 1. The number of methoxy groups -OCH3 is 1. The summed E-state index contributed by atoms with van der Waals surface area (Å²) in [6.45, 7) is 0. The predicted molar refractivity (Wildman–Crippen MR) is 97.8 cm³/mol. The topological polar surface area (TPSA) is 80.8 Å². The number of H-pyrrole nitrogens is 1. The molecule has 6 nitrogen and oxygen atoms in total. The van der Waals surface area contributed by atoms with Crippen molar-refractivity contribution < 1.29 is 13.9 Å². The van der Waals surface area contributed by atoms with Crippen LogP contribution >= 0.6 is 0 Å². The molecule has 138 valence electrons. The lowest BCUT2D eigenvalue weighted by Crippen LogP contribution is -2.14. The van der Waals surface area contributed by atoms with Crippen molar-refractivity contribution in [1.29, 1.82) is 0 Å². The lowest BCUT2D eigenvalue weighted by molar-refractivity contribution is -0.120. The summed E-state index contributed by atoms with van der Waals surface area (Å²) in [4.78, 5) is 28.0. The zero-order valence-electron chi connectivity index (χ0n) is 14.9. The van der Waals surface area contributed by atoms with E-state index in [-0.39, 0.29) is 17.7 Å². The van der Waals surface area contributed by atoms with Gasteiger partial charge in [0.05, 0.1) is 36.2 Å². The van der Waals surface area contributed by atoms with E-state index in [1.807, 2.05) is 6.07 Å². The van der Waals surface area contributed by atoms with Crippen molar-refractivity contribution in [3.63, 3.8) is 0 Å². The molecule has 3 aromatic rings. The van der Waals surface area contributed by atoms with E-state index in [4.69, 9.17) is 4.74 Å². The van der Waals surface area contributed by atoms with E-state index in [1.165, 1.54) is 19.2 Å². The summed E-state index contributed by atoms with van der Waals surface area (Å²) in [7, 11) is 1.53. The molecule has 0 saturated heterocycles. The SMILES string of the molecule is COc1nc(-c2[nH]cnc2-c2ccc(F)cc2)cc(C2CCC(=O)CC2)n1. The van der Waals surface area contributed by atoms with Crippen LogP contribution in [0.5, 0.6) is 6.01 Å². The van der Waals surface area contributed by atoms with Gasteiger partial charge >= 0.3 is 6.01 Å². The fraction of sp³-hybridized carbons (Fsp3) is 0.300. The number of nitrogens with one attached hydrogen (secondary N) is 1. The highest BCUT2D eigenvalue weighted by molar-refractivity contribution is 5.79. The van der Waals surface area contributed by atoms with Crippen molar-refractivity contribution in [2.45, 2.75) is 31.6 Å². The molecule has 0 unspecified atom stereocenters. The van der Waals surface area contributed by atoms with Gasteiger partial charge in [0.25, 0.3) is 0 Å². The maximum atomic E-state index is 13.2. The summed E-state index contributed by atoms with van der Waals surface area (Å²) in [6, 6.07) is 8.36. The molecule has 4 rings (SSSR count). The Morgan fingerprint density at radius 1 is 1.15 bits per heavy atom. The molecule has 1 N–H and O–H groups in total. The number of carbonyl (C=O) groups is 1. The molecule has 1 saturated carbocycles. The Morgan fingerprint density at radius 3 is 2.59 bits per heavy atom. The van der Waals surface area contributed by atoms with Crippen molar-refractivity contribution in [3.05, 3.63) is 48.2 Å². The number of aromatic amines is 1. The average molecular weight is 366 g/mol. The average Bonchev–Trinajstić information content (AvgIpc) is 3.18. The summed E-state index contributed by atoms with van der Waals surface area (Å²) in [5.41, 5.74) is 3.71. The lowest BCUT2D eigenvalue weighted by atomic mass is 9.86. The van der Waals surface area contributed by atoms with E-state index < -0.39 is 0 Å². The first kappa shape index (κ1) is 17.3. The van der Waals surface area contributed by atoms with Gasteiger partial charge in [0.2, 0.25) is 0 Å². The molecule has 1 aliphatic carbocycles. The Kier molecular flexibility index (Phi) is 4.66. The molecule has 0 aliphatic heterocycles. The third-order valence-corrected chi connectivity index (χ3v) is 4.88. The second kappa shape index (κ2) is 7.26. The van der Waals surface area contributed by atoms with Crippen LogP contribution in [-0.2, 0) is 4.79 Å². The smallest absolute Gasteiger partial charge is 0.316 e. The van der Waals surface area contributed by atoms with Gasteiger partial charge in [0, 0.05) is 24.3 Å². The molecule has 0 spiro atoms. The van der Waals surface area contributed by atoms with E-state index in [1.54, 1.807) is 18.5 Å². The highest BCUT2D eigenvalue weighted by Gasteiger charge is 2.24. The van der Waals surface area contributed by atoms with Gasteiger partial charge in [-0.25, -0.2) is 9.37 Å². The second-order valence-corrected chi connectivity index (χ2v) is 6.61. The first-order valence-corrected chi connectivity index (χ1v) is 8.88. The summed E-state index contributed by atoms with van der Waals surface area (Å²) in [6.07, 6.45) is 4.31. The monoisotopic (exact) mass is 366 g/mol. The summed E-state index contributed by atoms with van der Waals surface area (Å²) in [5, 5.41) is 0. The third-order valence-electron chi connectivity index (χ3n) is 4.88. The molecular formula is C20H19FN4O2. The number of benzene rings is 1. The van der Waals surface area contributed by atoms with Crippen molar-refractivity contribution >= 4 is 5.78 Å². The molecule has 2 heterocycles. The third kappa shape index (κ3) is 3.58. The number of aromatic nitrogens is 4. The number of nitrogens with zero attached hydrogens (tertiary/aromatic N) is 3. The van der Waals surface area contributed by atoms with Crippen LogP contribution in [0.15, 0.2) is 36.7 Å². The number of hydrogen-bond acceptors (Lipinski definition) is 5. The Morgan fingerprint density at radius 2 is 1.89 bits per heavy atom. The molecule has 7 heteroatoms. The Hall–Kier alpha value is -3.09. The standard InChI is InChI=1S/C20H19FN4O2/c1-27-20-24-16(12-4-8-15(26)9-5-12)10-17(25-20)19-18(22-11-23-19)13-2-6-14(21)7-3-13/h2-3,6-7,10-12H,4-5,8-9H2,1H3,(H,22,23). The van der Waals surface area contributed by atoms with E-state index in [0.717, 1.165) is 29.8 Å². The molecule has 1 aromatic carbocycles. The first-order chi connectivity index (χ1) is 13.1. The zero-order valence-corrected chi connectivity index (χ0v) is 14.9. The van der Waals surface area contributed by atoms with Gasteiger partial charge in [-0.1, -0.05) is 0 Å². The molecule has 27 heavy (non-hydrogen) atoms. The number of rotatable bonds is 4. The molecule has 2 aromatic heterocycles. The summed E-state index contributed by atoms with van der Waals surface area (Å²) in [5.74, 6) is 0.212. The van der Waals surface area contributed by atoms with Crippen LogP contribution in [0, 0.1) is 5.82 Å². The van der Waals surface area contributed by atoms with Crippen LogP contribution in [0.25, 0.3) is 22.6 Å². The lowest BCUT2D eigenvalue weighted by Gasteiger charge is -2.21. The highest BCUT2D eigenvalue weighted by Crippen LogP contribution is 2.34. The molecule has 0 radical (unpaired) electrons. The molecular weight excluding hydrogens is 347 g/mol. The molecule has 0 atom stereocenters. The van der Waals surface area contributed by atoms with Gasteiger partial charge in [-0.2, -0.15) is 9.97 Å². The van der Waals surface area contributed by atoms with Gasteiger partial charge in [0.1, 0.15) is 11.6 Å². The van der Waals surface area contributed by atoms with E-state index in [2.05, 4.69) is 19.9 Å². The van der Waals surface area contributed by atoms with E-state index in [0.29, 0.717) is 30.0 Å². The van der Waals surface area contributed by atoms with Crippen LogP contribution in [0.1, 0.15) is 37.3 Å². The quantitative estimate of drug-likeness (QED) is 0.757. The fourth-order valence-corrected chi connectivity index (χ4v) is 3.42. The Balaban J connectivity index is 1.74. The van der Waals surface area contributed by atoms with E-state index in [9.17, 15) is 9.18 Å². The number of hydrogen-bond donors (Lipinski definition) is 1. The van der Waals surface area contributed by atoms with Crippen molar-refractivity contribution in [3.8, 4) is 28.7 Å². The van der Waals surface area contributed by atoms with Crippen LogP contribution in [-0.4, -0.2) is 32.8 Å². The van der Waals surface area contributed by atoms with Gasteiger partial charge < -0.3 is 9.72 Å². The molecule has 0 bridgehead atoms. The van der Waals surface area contributed by atoms with Gasteiger partial charge in [0.15, 0.2) is 0 Å². The zero-order chi connectivity index (χ0) is 18.8. The van der Waals surface area contributed by atoms with Crippen molar-refractivity contribution in [2.24, 2.45) is 0 Å². The van der Waals surface area contributed by atoms with Crippen LogP contribution in [0.3, 0.4) is 0 Å². The second-order valence-electron chi connectivity index (χ2n) is 6.61. The number of ether oxygens (including phenoxy) is 1. The van der Waals surface area contributed by atoms with Gasteiger partial charge in [-0.05, 0) is 43.2 Å². The Bertz CT molecular complexity index is 958. The van der Waals surface area contributed by atoms with E-state index >= 15 is 0 Å². The maximum Gasteiger partial charge on any atom is 0.316 e. The number of imidazole rings is 1. The first-order valence-electron chi connectivity index (χ1n) is 8.88. The van der Waals surface area contributed by atoms with Crippen LogP contribution in [0.2, 0.25) is 0 Å². The van der Waals surface area contributed by atoms with Crippen LogP contribution < -0.4 is 4.74 Å². The minimum atomic E-state index is -0.298. The minimum Gasteiger partial charge on any atom is -0.467 e. The maximum absolute atomic E-state index is 13.2. The number of halogens is 1. The van der Waals surface area contributed by atoms with Crippen molar-refractivity contribution in [2.75, 3.05) is 7.11 Å². The predicted octanol–water partition coefficient (Wildman–Crippen LogP) is 3.91. The summed E-state index contributed by atoms with van der Waals surface area (Å²) < 4.78 is 18.5. The fourth-order valence-electron chi connectivity index (χ4n) is 3.42. The summed E-state index contributed by atoms with van der Waals surface area (Å²) >= 11 is 0. The van der Waals surface area contributed by atoms with Crippen molar-refractivity contribution in [1.82, 2.24) is 19.9 Å². The molecule has 0 amide bonds. The minimum absolute atomic E-state index is 0.204.